The average Bonchev–Trinajstić information content (AvgIpc) is 2.63. The van der Waals surface area contributed by atoms with Crippen LogP contribution in [-0.2, 0) is 12.0 Å². The molecule has 0 spiro atoms. The van der Waals surface area contributed by atoms with Gasteiger partial charge in [0.15, 0.2) is 0 Å². The van der Waals surface area contributed by atoms with Crippen LogP contribution in [0, 0.1) is 0 Å². The number of benzene rings is 1. The molecule has 5 heteroatoms. The van der Waals surface area contributed by atoms with Crippen LogP contribution in [0.3, 0.4) is 0 Å². The maximum absolute atomic E-state index is 12.5. The van der Waals surface area contributed by atoms with Crippen molar-refractivity contribution in [1.29, 1.82) is 0 Å². The molecule has 0 saturated carbocycles. The van der Waals surface area contributed by atoms with E-state index in [1.807, 2.05) is 38.1 Å². The van der Waals surface area contributed by atoms with Gasteiger partial charge in [-0.25, -0.2) is 4.79 Å². The molecule has 27 heavy (non-hydrogen) atoms. The summed E-state index contributed by atoms with van der Waals surface area (Å²) in [5.74, 6) is 0.813. The summed E-state index contributed by atoms with van der Waals surface area (Å²) in [6, 6.07) is 12.0. The average molecular weight is 370 g/mol. The van der Waals surface area contributed by atoms with Crippen molar-refractivity contribution in [2.75, 3.05) is 13.2 Å². The topological polar surface area (TPSA) is 54.5 Å². The van der Waals surface area contributed by atoms with Crippen LogP contribution in [0.2, 0.25) is 0 Å². The van der Waals surface area contributed by atoms with E-state index in [1.165, 1.54) is 5.56 Å². The van der Waals surface area contributed by atoms with Crippen LogP contribution in [-0.4, -0.2) is 35.1 Å². The van der Waals surface area contributed by atoms with Crippen LogP contribution in [0.5, 0.6) is 5.75 Å². The number of ether oxygens (including phenoxy) is 1. The Morgan fingerprint density at radius 2 is 1.89 bits per heavy atom. The first-order valence-corrected chi connectivity index (χ1v) is 9.44. The number of pyridine rings is 1. The zero-order valence-corrected chi connectivity index (χ0v) is 17.0. The largest absolute Gasteiger partial charge is 0.492 e. The summed E-state index contributed by atoms with van der Waals surface area (Å²) in [4.78, 5) is 18.4. The summed E-state index contributed by atoms with van der Waals surface area (Å²) in [5.41, 5.74) is 2.41. The maximum atomic E-state index is 12.5. The Bertz CT molecular complexity index is 707. The van der Waals surface area contributed by atoms with Gasteiger partial charge in [-0.3, -0.25) is 4.98 Å². The van der Waals surface area contributed by atoms with Crippen LogP contribution in [0.4, 0.5) is 4.79 Å². The number of carbonyl (C=O) groups excluding carboxylic acids is 1. The molecule has 1 heterocycles. The normalized spacial score (nSPS) is 11.3. The quantitative estimate of drug-likeness (QED) is 0.737. The van der Waals surface area contributed by atoms with E-state index in [-0.39, 0.29) is 17.5 Å². The first kappa shape index (κ1) is 20.7. The molecule has 0 saturated heterocycles. The molecule has 0 aliphatic carbocycles. The molecule has 2 rings (SSSR count). The van der Waals surface area contributed by atoms with Crippen LogP contribution < -0.4 is 10.1 Å². The minimum Gasteiger partial charge on any atom is -0.492 e. The molecule has 146 valence electrons. The number of hydrogen-bond acceptors (Lipinski definition) is 3. The van der Waals surface area contributed by atoms with Gasteiger partial charge in [0.25, 0.3) is 0 Å². The highest BCUT2D eigenvalue weighted by atomic mass is 16.5. The van der Waals surface area contributed by atoms with E-state index in [4.69, 9.17) is 4.74 Å². The van der Waals surface area contributed by atoms with Crippen molar-refractivity contribution in [3.05, 3.63) is 59.9 Å². The van der Waals surface area contributed by atoms with Gasteiger partial charge in [-0.15, -0.1) is 0 Å². The van der Waals surface area contributed by atoms with E-state index in [9.17, 15) is 4.79 Å². The lowest BCUT2D eigenvalue weighted by Gasteiger charge is -2.27. The van der Waals surface area contributed by atoms with Gasteiger partial charge in [0, 0.05) is 25.0 Å². The van der Waals surface area contributed by atoms with E-state index in [0.717, 1.165) is 11.3 Å². The molecule has 0 aliphatic rings. The molecule has 0 atom stereocenters. The molecule has 1 N–H and O–H groups in total. The molecule has 0 fully saturated rings. The summed E-state index contributed by atoms with van der Waals surface area (Å²) in [6.45, 7) is 12.0. The highest BCUT2D eigenvalue weighted by Gasteiger charge is 2.17. The van der Waals surface area contributed by atoms with Gasteiger partial charge in [-0.1, -0.05) is 39.0 Å². The Balaban J connectivity index is 1.80. The summed E-state index contributed by atoms with van der Waals surface area (Å²) in [6.07, 6.45) is 3.52. The van der Waals surface area contributed by atoms with Crippen LogP contribution in [0.1, 0.15) is 45.7 Å². The predicted octanol–water partition coefficient (Wildman–Crippen LogP) is 4.38. The van der Waals surface area contributed by atoms with Crippen molar-refractivity contribution in [3.8, 4) is 5.75 Å². The highest BCUT2D eigenvalue weighted by Crippen LogP contribution is 2.24. The standard InChI is InChI=1S/C22H31N3O2/c1-17(2)25(16-18-7-6-12-23-15-18)21(26)24-13-14-27-20-10-8-19(9-11-20)22(3,4)5/h6-12,15,17H,13-14,16H2,1-5H3,(H,24,26). The summed E-state index contributed by atoms with van der Waals surface area (Å²) >= 11 is 0. The molecular weight excluding hydrogens is 338 g/mol. The molecule has 1 aromatic heterocycles. The Kier molecular flexibility index (Phi) is 7.22. The number of nitrogens with one attached hydrogen (secondary N) is 1. The smallest absolute Gasteiger partial charge is 0.318 e. The zero-order chi connectivity index (χ0) is 19.9. The van der Waals surface area contributed by atoms with Crippen LogP contribution >= 0.6 is 0 Å². The van der Waals surface area contributed by atoms with E-state index in [0.29, 0.717) is 19.7 Å². The van der Waals surface area contributed by atoms with Crippen molar-refractivity contribution >= 4 is 6.03 Å². The fourth-order valence-electron chi connectivity index (χ4n) is 2.66. The molecule has 0 bridgehead atoms. The number of aromatic nitrogens is 1. The van der Waals surface area contributed by atoms with Crippen molar-refractivity contribution in [2.24, 2.45) is 0 Å². The Hall–Kier alpha value is -2.56. The maximum Gasteiger partial charge on any atom is 0.318 e. The third-order valence-electron chi connectivity index (χ3n) is 4.33. The minimum absolute atomic E-state index is 0.0936. The Morgan fingerprint density at radius 3 is 2.44 bits per heavy atom. The number of urea groups is 1. The summed E-state index contributed by atoms with van der Waals surface area (Å²) in [7, 11) is 0. The first-order chi connectivity index (χ1) is 12.8. The van der Waals surface area contributed by atoms with Crippen molar-refractivity contribution in [1.82, 2.24) is 15.2 Å². The second kappa shape index (κ2) is 9.40. The summed E-state index contributed by atoms with van der Waals surface area (Å²) in [5, 5.41) is 2.93. The van der Waals surface area contributed by atoms with E-state index in [2.05, 4.69) is 43.2 Å². The number of amides is 2. The van der Waals surface area contributed by atoms with Gasteiger partial charge in [-0.2, -0.15) is 0 Å². The van der Waals surface area contributed by atoms with Gasteiger partial charge < -0.3 is 15.0 Å². The van der Waals surface area contributed by atoms with Crippen molar-refractivity contribution in [3.63, 3.8) is 0 Å². The number of rotatable bonds is 7. The lowest BCUT2D eigenvalue weighted by molar-refractivity contribution is 0.177. The van der Waals surface area contributed by atoms with Gasteiger partial charge in [0.05, 0.1) is 6.54 Å². The lowest BCUT2D eigenvalue weighted by atomic mass is 9.87. The van der Waals surface area contributed by atoms with E-state index < -0.39 is 0 Å². The molecule has 0 aliphatic heterocycles. The van der Waals surface area contributed by atoms with Crippen LogP contribution in [0.15, 0.2) is 48.8 Å². The first-order valence-electron chi connectivity index (χ1n) is 9.44. The van der Waals surface area contributed by atoms with Gasteiger partial charge in [0.1, 0.15) is 12.4 Å². The number of carbonyl (C=O) groups is 1. The van der Waals surface area contributed by atoms with Crippen molar-refractivity contribution < 1.29 is 9.53 Å². The fraction of sp³-hybridized carbons (Fsp3) is 0.455. The monoisotopic (exact) mass is 369 g/mol. The van der Waals surface area contributed by atoms with Crippen LogP contribution in [0.25, 0.3) is 0 Å². The third kappa shape index (κ3) is 6.59. The highest BCUT2D eigenvalue weighted by molar-refractivity contribution is 5.74. The number of nitrogens with zero attached hydrogens (tertiary/aromatic N) is 2. The minimum atomic E-state index is -0.0967. The Labute approximate surface area is 162 Å². The van der Waals surface area contributed by atoms with Gasteiger partial charge >= 0.3 is 6.03 Å². The second-order valence-corrected chi connectivity index (χ2v) is 7.94. The molecule has 0 unspecified atom stereocenters. The second-order valence-electron chi connectivity index (χ2n) is 7.94. The molecule has 5 nitrogen and oxygen atoms in total. The van der Waals surface area contributed by atoms with Gasteiger partial charge in [0.2, 0.25) is 0 Å². The SMILES string of the molecule is CC(C)N(Cc1cccnc1)C(=O)NCCOc1ccc(C(C)(C)C)cc1. The molecule has 1 aromatic carbocycles. The predicted molar refractivity (Wildman–Crippen MR) is 109 cm³/mol. The zero-order valence-electron chi connectivity index (χ0n) is 17.0. The third-order valence-corrected chi connectivity index (χ3v) is 4.33. The molecule has 2 aromatic rings. The number of hydrogen-bond donors (Lipinski definition) is 1. The lowest BCUT2D eigenvalue weighted by Crippen LogP contribution is -2.44. The van der Waals surface area contributed by atoms with E-state index >= 15 is 0 Å². The van der Waals surface area contributed by atoms with E-state index in [1.54, 1.807) is 17.3 Å². The van der Waals surface area contributed by atoms with Crippen molar-refractivity contribution in [2.45, 2.75) is 52.6 Å². The van der Waals surface area contributed by atoms with Gasteiger partial charge in [-0.05, 0) is 48.6 Å². The molecule has 0 radical (unpaired) electrons. The fourth-order valence-corrected chi connectivity index (χ4v) is 2.66. The Morgan fingerprint density at radius 1 is 1.19 bits per heavy atom. The summed E-state index contributed by atoms with van der Waals surface area (Å²) < 4.78 is 5.74. The molecular formula is C22H31N3O2. The molecule has 2 amide bonds.